The Labute approximate surface area is 160 Å². The van der Waals surface area contributed by atoms with Gasteiger partial charge in [0.1, 0.15) is 5.82 Å². The number of fused-ring (bicyclic) bond motifs is 1. The minimum Gasteiger partial charge on any atom is -0.368 e. The summed E-state index contributed by atoms with van der Waals surface area (Å²) in [4.78, 5) is 22.3. The van der Waals surface area contributed by atoms with Gasteiger partial charge in [-0.05, 0) is 42.5 Å². The van der Waals surface area contributed by atoms with E-state index >= 15 is 0 Å². The second-order valence-corrected chi connectivity index (χ2v) is 7.76. The molecule has 2 aromatic heterocycles. The van der Waals surface area contributed by atoms with Crippen molar-refractivity contribution >= 4 is 45.6 Å². The van der Waals surface area contributed by atoms with Crippen LogP contribution in [0.25, 0.3) is 21.6 Å². The van der Waals surface area contributed by atoms with Crippen LogP contribution in [0.15, 0.2) is 35.7 Å². The van der Waals surface area contributed by atoms with Crippen molar-refractivity contribution in [3.05, 3.63) is 40.7 Å². The highest BCUT2D eigenvalue weighted by Crippen LogP contribution is 2.29. The van der Waals surface area contributed by atoms with Gasteiger partial charge in [-0.2, -0.15) is 0 Å². The zero-order chi connectivity index (χ0) is 17.9. The van der Waals surface area contributed by atoms with E-state index in [1.54, 1.807) is 11.3 Å². The molecule has 2 heterocycles. The number of nitrogens with one attached hydrogen (secondary N) is 2. The molecule has 4 rings (SSSR count). The van der Waals surface area contributed by atoms with Crippen LogP contribution in [0.3, 0.4) is 0 Å². The van der Waals surface area contributed by atoms with Gasteiger partial charge in [0.05, 0.1) is 10.4 Å². The smallest absolute Gasteiger partial charge is 0.223 e. The van der Waals surface area contributed by atoms with E-state index in [-0.39, 0.29) is 11.8 Å². The van der Waals surface area contributed by atoms with Crippen molar-refractivity contribution in [1.29, 1.82) is 0 Å². The van der Waals surface area contributed by atoms with Gasteiger partial charge in [0.15, 0.2) is 5.82 Å². The summed E-state index contributed by atoms with van der Waals surface area (Å²) in [5.41, 5.74) is 0.803. The maximum atomic E-state index is 11.9. The van der Waals surface area contributed by atoms with Crippen LogP contribution in [0.4, 0.5) is 5.82 Å². The summed E-state index contributed by atoms with van der Waals surface area (Å²) in [5, 5.41) is 9.89. The first-order chi connectivity index (χ1) is 12.7. The quantitative estimate of drug-likeness (QED) is 0.618. The van der Waals surface area contributed by atoms with Crippen LogP contribution in [0.1, 0.15) is 19.3 Å². The molecule has 0 radical (unpaired) electrons. The minimum atomic E-state index is 0.164. The highest BCUT2D eigenvalue weighted by atomic mass is 35.5. The van der Waals surface area contributed by atoms with E-state index in [2.05, 4.69) is 20.6 Å². The lowest BCUT2D eigenvalue weighted by atomic mass is 9.85. The molecular weight excluding hydrogens is 368 g/mol. The van der Waals surface area contributed by atoms with E-state index < -0.39 is 0 Å². The SMILES string of the molecule is O=C(NCCNc1nc(-c2cccs2)nc2cc(Cl)ccc12)C1CCC1. The third kappa shape index (κ3) is 3.66. The summed E-state index contributed by atoms with van der Waals surface area (Å²) in [6.45, 7) is 1.18. The molecule has 134 valence electrons. The third-order valence-electron chi connectivity index (χ3n) is 4.59. The predicted octanol–water partition coefficient (Wildman–Crippen LogP) is 4.34. The van der Waals surface area contributed by atoms with Gasteiger partial charge in [0.25, 0.3) is 0 Å². The number of halogens is 1. The monoisotopic (exact) mass is 386 g/mol. The molecule has 5 nitrogen and oxygen atoms in total. The van der Waals surface area contributed by atoms with E-state index in [1.165, 1.54) is 0 Å². The first-order valence-electron chi connectivity index (χ1n) is 8.73. The second kappa shape index (κ2) is 7.60. The van der Waals surface area contributed by atoms with E-state index in [1.807, 2.05) is 35.7 Å². The van der Waals surface area contributed by atoms with E-state index in [0.717, 1.165) is 40.9 Å². The maximum absolute atomic E-state index is 11.9. The highest BCUT2D eigenvalue weighted by molar-refractivity contribution is 7.13. The van der Waals surface area contributed by atoms with Crippen molar-refractivity contribution in [2.24, 2.45) is 5.92 Å². The number of hydrogen-bond donors (Lipinski definition) is 2. The summed E-state index contributed by atoms with van der Waals surface area (Å²) >= 11 is 7.73. The molecular formula is C19H19ClN4OS. The van der Waals surface area contributed by atoms with Gasteiger partial charge < -0.3 is 10.6 Å². The topological polar surface area (TPSA) is 66.9 Å². The number of nitrogens with zero attached hydrogens (tertiary/aromatic N) is 2. The Kier molecular flexibility index (Phi) is 5.04. The number of thiophene rings is 1. The number of anilines is 1. The van der Waals surface area contributed by atoms with Gasteiger partial charge in [0, 0.05) is 29.4 Å². The zero-order valence-electron chi connectivity index (χ0n) is 14.2. The molecule has 0 spiro atoms. The van der Waals surface area contributed by atoms with Gasteiger partial charge in [-0.15, -0.1) is 11.3 Å². The Morgan fingerprint density at radius 2 is 2.12 bits per heavy atom. The van der Waals surface area contributed by atoms with Crippen molar-refractivity contribution in [3.8, 4) is 10.7 Å². The Morgan fingerprint density at radius 3 is 2.85 bits per heavy atom. The van der Waals surface area contributed by atoms with Crippen molar-refractivity contribution in [2.75, 3.05) is 18.4 Å². The fourth-order valence-electron chi connectivity index (χ4n) is 2.93. The Hall–Kier alpha value is -2.18. The van der Waals surface area contributed by atoms with E-state index in [4.69, 9.17) is 11.6 Å². The van der Waals surface area contributed by atoms with Crippen molar-refractivity contribution < 1.29 is 4.79 Å². The van der Waals surface area contributed by atoms with Crippen LogP contribution in [-0.4, -0.2) is 29.0 Å². The van der Waals surface area contributed by atoms with E-state index in [9.17, 15) is 4.79 Å². The molecule has 0 atom stereocenters. The number of carbonyl (C=O) groups excluding carboxylic acids is 1. The third-order valence-corrected chi connectivity index (χ3v) is 5.69. The van der Waals surface area contributed by atoms with Crippen LogP contribution >= 0.6 is 22.9 Å². The zero-order valence-corrected chi connectivity index (χ0v) is 15.7. The summed E-state index contributed by atoms with van der Waals surface area (Å²) in [6.07, 6.45) is 3.19. The summed E-state index contributed by atoms with van der Waals surface area (Å²) in [6, 6.07) is 9.58. The number of amides is 1. The molecule has 1 saturated carbocycles. The molecule has 1 aromatic carbocycles. The average Bonchev–Trinajstić information content (AvgIpc) is 3.11. The first kappa shape index (κ1) is 17.2. The average molecular weight is 387 g/mol. The van der Waals surface area contributed by atoms with Gasteiger partial charge >= 0.3 is 0 Å². The summed E-state index contributed by atoms with van der Waals surface area (Å²) in [7, 11) is 0. The maximum Gasteiger partial charge on any atom is 0.223 e. The standard InChI is InChI=1S/C19H19ClN4OS/c20-13-6-7-14-15(11-13)23-18(16-5-2-10-26-16)24-17(14)21-8-9-22-19(25)12-3-1-4-12/h2,5-7,10-12H,1,3-4,8-9H2,(H,22,25)(H,21,23,24). The van der Waals surface area contributed by atoms with Crippen LogP contribution in [0, 0.1) is 5.92 Å². The fraction of sp³-hybridized carbons (Fsp3) is 0.316. The van der Waals surface area contributed by atoms with Crippen molar-refractivity contribution in [1.82, 2.24) is 15.3 Å². The van der Waals surface area contributed by atoms with Crippen LogP contribution < -0.4 is 10.6 Å². The van der Waals surface area contributed by atoms with E-state index in [0.29, 0.717) is 23.9 Å². The molecule has 26 heavy (non-hydrogen) atoms. The summed E-state index contributed by atoms with van der Waals surface area (Å²) < 4.78 is 0. The number of carbonyl (C=O) groups is 1. The highest BCUT2D eigenvalue weighted by Gasteiger charge is 2.24. The number of hydrogen-bond acceptors (Lipinski definition) is 5. The molecule has 0 saturated heterocycles. The van der Waals surface area contributed by atoms with Gasteiger partial charge in [0.2, 0.25) is 5.91 Å². The molecule has 1 aliphatic rings. The largest absolute Gasteiger partial charge is 0.368 e. The lowest BCUT2D eigenvalue weighted by Crippen LogP contribution is -2.36. The molecule has 3 aromatic rings. The van der Waals surface area contributed by atoms with Gasteiger partial charge in [-0.25, -0.2) is 9.97 Å². The Balaban J connectivity index is 1.52. The predicted molar refractivity (Wildman–Crippen MR) is 107 cm³/mol. The second-order valence-electron chi connectivity index (χ2n) is 6.38. The molecule has 1 fully saturated rings. The molecule has 7 heteroatoms. The Morgan fingerprint density at radius 1 is 1.23 bits per heavy atom. The number of rotatable bonds is 6. The number of aromatic nitrogens is 2. The summed E-state index contributed by atoms with van der Waals surface area (Å²) in [5.74, 6) is 1.81. The minimum absolute atomic E-state index is 0.164. The number of benzene rings is 1. The lowest BCUT2D eigenvalue weighted by molar-refractivity contribution is -0.127. The molecule has 0 aliphatic heterocycles. The Bertz CT molecular complexity index is 925. The van der Waals surface area contributed by atoms with Crippen molar-refractivity contribution in [3.63, 3.8) is 0 Å². The van der Waals surface area contributed by atoms with Gasteiger partial charge in [-0.3, -0.25) is 4.79 Å². The molecule has 0 unspecified atom stereocenters. The van der Waals surface area contributed by atoms with Crippen LogP contribution in [0.5, 0.6) is 0 Å². The van der Waals surface area contributed by atoms with Crippen LogP contribution in [0.2, 0.25) is 5.02 Å². The normalized spacial score (nSPS) is 14.2. The lowest BCUT2D eigenvalue weighted by Gasteiger charge is -2.24. The molecule has 0 bridgehead atoms. The molecule has 1 aliphatic carbocycles. The first-order valence-corrected chi connectivity index (χ1v) is 9.99. The van der Waals surface area contributed by atoms with Crippen LogP contribution in [-0.2, 0) is 4.79 Å². The fourth-order valence-corrected chi connectivity index (χ4v) is 3.76. The molecule has 2 N–H and O–H groups in total. The van der Waals surface area contributed by atoms with Gasteiger partial charge in [-0.1, -0.05) is 24.1 Å². The van der Waals surface area contributed by atoms with Crippen molar-refractivity contribution in [2.45, 2.75) is 19.3 Å². The molecule has 1 amide bonds.